The zero-order valence-corrected chi connectivity index (χ0v) is 10.0. The van der Waals surface area contributed by atoms with Gasteiger partial charge in [0.2, 0.25) is 0 Å². The van der Waals surface area contributed by atoms with Gasteiger partial charge in [0.1, 0.15) is 0 Å². The fraction of sp³-hybridized carbons (Fsp3) is 0.900. The summed E-state index contributed by atoms with van der Waals surface area (Å²) in [7, 11) is -3.53. The highest BCUT2D eigenvalue weighted by atomic mass is 32.2. The maximum Gasteiger partial charge on any atom is 0.323 e. The van der Waals surface area contributed by atoms with Crippen molar-refractivity contribution in [2.75, 3.05) is 0 Å². The van der Waals surface area contributed by atoms with E-state index in [2.05, 4.69) is 5.32 Å². The molecule has 0 amide bonds. The first-order chi connectivity index (χ1) is 7.44. The van der Waals surface area contributed by atoms with Crippen LogP contribution < -0.4 is 5.32 Å². The molecule has 2 aliphatic rings. The molecular formula is C10H17NO4S. The SMILES string of the molecule is CC1NC2CCCCC2S(=O)(=O)C1C(=O)O. The molecule has 0 aromatic rings. The summed E-state index contributed by atoms with van der Waals surface area (Å²) in [5.41, 5.74) is 0. The lowest BCUT2D eigenvalue weighted by Gasteiger charge is -2.41. The lowest BCUT2D eigenvalue weighted by Crippen LogP contribution is -2.64. The smallest absolute Gasteiger partial charge is 0.323 e. The summed E-state index contributed by atoms with van der Waals surface area (Å²) in [6.45, 7) is 1.64. The topological polar surface area (TPSA) is 83.5 Å². The van der Waals surface area contributed by atoms with Gasteiger partial charge < -0.3 is 10.4 Å². The Balaban J connectivity index is 2.35. The van der Waals surface area contributed by atoms with E-state index in [0.29, 0.717) is 6.42 Å². The van der Waals surface area contributed by atoms with E-state index in [0.717, 1.165) is 19.3 Å². The number of hydrogen-bond acceptors (Lipinski definition) is 4. The van der Waals surface area contributed by atoms with Gasteiger partial charge >= 0.3 is 5.97 Å². The number of carboxylic acid groups (broad SMARTS) is 1. The van der Waals surface area contributed by atoms with Crippen molar-refractivity contribution in [3.8, 4) is 0 Å². The lowest BCUT2D eigenvalue weighted by atomic mass is 9.93. The number of nitrogens with one attached hydrogen (secondary N) is 1. The molecular weight excluding hydrogens is 230 g/mol. The van der Waals surface area contributed by atoms with Crippen molar-refractivity contribution in [2.45, 2.75) is 55.2 Å². The van der Waals surface area contributed by atoms with Gasteiger partial charge in [0, 0.05) is 12.1 Å². The number of carbonyl (C=O) groups is 1. The summed E-state index contributed by atoms with van der Waals surface area (Å²) in [6.07, 6.45) is 3.33. The van der Waals surface area contributed by atoms with Crippen molar-refractivity contribution >= 4 is 15.8 Å². The van der Waals surface area contributed by atoms with Crippen LogP contribution in [0.25, 0.3) is 0 Å². The fourth-order valence-corrected chi connectivity index (χ4v) is 5.41. The summed E-state index contributed by atoms with van der Waals surface area (Å²) in [5.74, 6) is -1.23. The Bertz CT molecular complexity index is 392. The van der Waals surface area contributed by atoms with Gasteiger partial charge in [-0.3, -0.25) is 4.79 Å². The quantitative estimate of drug-likeness (QED) is 0.689. The standard InChI is InChI=1S/C10H17NO4S/c1-6-9(10(12)13)16(14,15)8-5-3-2-4-7(8)11-6/h6-9,11H,2-5H2,1H3,(H,12,13). The highest BCUT2D eigenvalue weighted by molar-refractivity contribution is 7.93. The zero-order valence-electron chi connectivity index (χ0n) is 9.22. The van der Waals surface area contributed by atoms with Crippen LogP contribution in [0.5, 0.6) is 0 Å². The minimum Gasteiger partial charge on any atom is -0.480 e. The molecule has 16 heavy (non-hydrogen) atoms. The van der Waals surface area contributed by atoms with Crippen molar-refractivity contribution in [2.24, 2.45) is 0 Å². The molecule has 4 unspecified atom stereocenters. The van der Waals surface area contributed by atoms with Crippen LogP contribution in [0.1, 0.15) is 32.6 Å². The second-order valence-corrected chi connectivity index (χ2v) is 7.02. The highest BCUT2D eigenvalue weighted by Gasteiger charge is 2.50. The molecule has 2 rings (SSSR count). The third kappa shape index (κ3) is 1.73. The first-order valence-corrected chi connectivity index (χ1v) is 7.27. The van der Waals surface area contributed by atoms with Crippen molar-refractivity contribution < 1.29 is 18.3 Å². The monoisotopic (exact) mass is 247 g/mol. The van der Waals surface area contributed by atoms with Crippen LogP contribution in [0.3, 0.4) is 0 Å². The van der Waals surface area contributed by atoms with E-state index in [9.17, 15) is 13.2 Å². The molecule has 2 N–H and O–H groups in total. The van der Waals surface area contributed by atoms with Crippen LogP contribution in [0.15, 0.2) is 0 Å². The van der Waals surface area contributed by atoms with Gasteiger partial charge in [-0.05, 0) is 19.8 Å². The largest absolute Gasteiger partial charge is 0.480 e. The third-order valence-electron chi connectivity index (χ3n) is 3.65. The molecule has 0 spiro atoms. The van der Waals surface area contributed by atoms with Gasteiger partial charge in [-0.2, -0.15) is 0 Å². The van der Waals surface area contributed by atoms with Gasteiger partial charge in [-0.15, -0.1) is 0 Å². The number of sulfone groups is 1. The van der Waals surface area contributed by atoms with Crippen LogP contribution >= 0.6 is 0 Å². The summed E-state index contributed by atoms with van der Waals surface area (Å²) in [4.78, 5) is 11.0. The Morgan fingerprint density at radius 3 is 2.56 bits per heavy atom. The van der Waals surface area contributed by atoms with Crippen LogP contribution in [0.4, 0.5) is 0 Å². The Kier molecular flexibility index (Phi) is 2.96. The molecule has 0 radical (unpaired) electrons. The summed E-state index contributed by atoms with van der Waals surface area (Å²) < 4.78 is 24.4. The molecule has 6 heteroatoms. The predicted octanol–water partition coefficient (Wildman–Crippen LogP) is 0.157. The summed E-state index contributed by atoms with van der Waals surface area (Å²) in [5, 5.41) is 10.4. The van der Waals surface area contributed by atoms with E-state index < -0.39 is 32.3 Å². The molecule has 0 aromatic heterocycles. The van der Waals surface area contributed by atoms with Gasteiger partial charge in [0.15, 0.2) is 15.1 Å². The van der Waals surface area contributed by atoms with Crippen molar-refractivity contribution in [1.82, 2.24) is 5.32 Å². The van der Waals surface area contributed by atoms with E-state index in [1.807, 2.05) is 0 Å². The molecule has 4 atom stereocenters. The molecule has 1 saturated carbocycles. The number of aliphatic carboxylic acids is 1. The first kappa shape index (κ1) is 11.9. The van der Waals surface area contributed by atoms with Crippen LogP contribution in [-0.4, -0.2) is 42.1 Å². The second-order valence-electron chi connectivity index (χ2n) is 4.73. The Morgan fingerprint density at radius 1 is 1.31 bits per heavy atom. The van der Waals surface area contributed by atoms with Crippen LogP contribution in [-0.2, 0) is 14.6 Å². The normalized spacial score (nSPS) is 42.3. The number of rotatable bonds is 1. The number of fused-ring (bicyclic) bond motifs is 1. The van der Waals surface area contributed by atoms with E-state index in [1.54, 1.807) is 6.92 Å². The first-order valence-electron chi connectivity index (χ1n) is 5.66. The van der Waals surface area contributed by atoms with E-state index in [1.165, 1.54) is 0 Å². The average molecular weight is 247 g/mol. The van der Waals surface area contributed by atoms with Crippen molar-refractivity contribution in [3.05, 3.63) is 0 Å². The van der Waals surface area contributed by atoms with Gasteiger partial charge in [0.25, 0.3) is 0 Å². The summed E-state index contributed by atoms with van der Waals surface area (Å²) >= 11 is 0. The lowest BCUT2D eigenvalue weighted by molar-refractivity contribution is -0.137. The molecule has 1 aliphatic carbocycles. The molecule has 0 aromatic carbocycles. The minimum atomic E-state index is -3.53. The van der Waals surface area contributed by atoms with Gasteiger partial charge in [-0.1, -0.05) is 12.8 Å². The summed E-state index contributed by atoms with van der Waals surface area (Å²) in [6, 6.07) is -0.550. The Morgan fingerprint density at radius 2 is 1.94 bits per heavy atom. The Labute approximate surface area is 95.1 Å². The maximum atomic E-state index is 12.2. The van der Waals surface area contributed by atoms with E-state index in [-0.39, 0.29) is 6.04 Å². The molecule has 5 nitrogen and oxygen atoms in total. The molecule has 1 aliphatic heterocycles. The average Bonchev–Trinajstić information content (AvgIpc) is 2.15. The maximum absolute atomic E-state index is 12.2. The van der Waals surface area contributed by atoms with Gasteiger partial charge in [0.05, 0.1) is 5.25 Å². The van der Waals surface area contributed by atoms with Crippen LogP contribution in [0, 0.1) is 0 Å². The minimum absolute atomic E-state index is 0.0515. The number of hydrogen-bond donors (Lipinski definition) is 2. The molecule has 92 valence electrons. The zero-order chi connectivity index (χ0) is 11.9. The van der Waals surface area contributed by atoms with Crippen molar-refractivity contribution in [1.29, 1.82) is 0 Å². The predicted molar refractivity (Wildman–Crippen MR) is 59.0 cm³/mol. The van der Waals surface area contributed by atoms with E-state index in [4.69, 9.17) is 5.11 Å². The van der Waals surface area contributed by atoms with Crippen molar-refractivity contribution in [3.63, 3.8) is 0 Å². The van der Waals surface area contributed by atoms with Crippen LogP contribution in [0.2, 0.25) is 0 Å². The molecule has 1 heterocycles. The third-order valence-corrected chi connectivity index (χ3v) is 6.38. The highest BCUT2D eigenvalue weighted by Crippen LogP contribution is 2.32. The Hall–Kier alpha value is -0.620. The van der Waals surface area contributed by atoms with Gasteiger partial charge in [-0.25, -0.2) is 8.42 Å². The second kappa shape index (κ2) is 4.00. The number of carboxylic acids is 1. The molecule has 0 bridgehead atoms. The fourth-order valence-electron chi connectivity index (χ4n) is 2.93. The van der Waals surface area contributed by atoms with E-state index >= 15 is 0 Å². The molecule has 1 saturated heterocycles. The molecule has 2 fully saturated rings.